The summed E-state index contributed by atoms with van der Waals surface area (Å²) < 4.78 is 90.3. The first-order chi connectivity index (χ1) is 23.5. The number of halogens is 6. The number of alkyl halides is 4. The van der Waals surface area contributed by atoms with Gasteiger partial charge in [-0.25, -0.2) is 27.5 Å². The zero-order valence-electron chi connectivity index (χ0n) is 25.9. The van der Waals surface area contributed by atoms with Crippen LogP contribution in [0.3, 0.4) is 0 Å². The summed E-state index contributed by atoms with van der Waals surface area (Å²) >= 11 is 2.90. The van der Waals surface area contributed by atoms with E-state index in [0.717, 1.165) is 25.4 Å². The smallest absolute Gasteiger partial charge is 0.293 e. The van der Waals surface area contributed by atoms with Crippen LogP contribution in [-0.2, 0) is 25.4 Å². The summed E-state index contributed by atoms with van der Waals surface area (Å²) in [6.45, 7) is 0.232. The van der Waals surface area contributed by atoms with Crippen LogP contribution in [0.5, 0.6) is 0 Å². The van der Waals surface area contributed by atoms with Gasteiger partial charge in [-0.05, 0) is 72.4 Å². The maximum Gasteiger partial charge on any atom is 0.293 e. The maximum atomic E-state index is 15.5. The molecule has 254 valence electrons. The van der Waals surface area contributed by atoms with Gasteiger partial charge in [0.2, 0.25) is 0 Å². The van der Waals surface area contributed by atoms with E-state index >= 15 is 8.78 Å². The number of rotatable bonds is 10. The topological polar surface area (TPSA) is 84.7 Å². The van der Waals surface area contributed by atoms with Crippen LogP contribution in [0.1, 0.15) is 75.4 Å². The number of nitrogens with zero attached hydrogens (tertiary/aromatic N) is 4. The van der Waals surface area contributed by atoms with E-state index in [1.165, 1.54) is 35.2 Å². The van der Waals surface area contributed by atoms with Gasteiger partial charge in [0.05, 0.1) is 23.0 Å². The van der Waals surface area contributed by atoms with E-state index in [4.69, 9.17) is 4.98 Å². The molecule has 0 radical (unpaired) electrons. The van der Waals surface area contributed by atoms with Gasteiger partial charge in [-0.3, -0.25) is 9.48 Å². The summed E-state index contributed by atoms with van der Waals surface area (Å²) in [6.07, 6.45) is -0.395. The van der Waals surface area contributed by atoms with E-state index < -0.39 is 53.2 Å². The molecule has 15 heteroatoms. The molecule has 3 aromatic heterocycles. The van der Waals surface area contributed by atoms with Crippen molar-refractivity contribution in [2.45, 2.75) is 61.0 Å². The Morgan fingerprint density at radius 3 is 2.57 bits per heavy atom. The van der Waals surface area contributed by atoms with Crippen molar-refractivity contribution in [2.24, 2.45) is 5.92 Å². The zero-order chi connectivity index (χ0) is 34.2. The fraction of sp³-hybridized carbons (Fsp3) is 0.353. The molecular formula is C34H28F6N6OS2. The highest BCUT2D eigenvalue weighted by molar-refractivity contribution is 8.00. The van der Waals surface area contributed by atoms with Crippen molar-refractivity contribution >= 4 is 39.4 Å². The lowest BCUT2D eigenvalue weighted by Crippen LogP contribution is -2.33. The van der Waals surface area contributed by atoms with Crippen molar-refractivity contribution in [3.8, 4) is 11.1 Å². The van der Waals surface area contributed by atoms with E-state index in [-0.39, 0.29) is 37.4 Å². The van der Waals surface area contributed by atoms with Crippen LogP contribution in [0.4, 0.5) is 26.3 Å². The second-order valence-electron chi connectivity index (χ2n) is 12.6. The summed E-state index contributed by atoms with van der Waals surface area (Å²) in [5.41, 5.74) is 2.81. The normalized spacial score (nSPS) is 19.6. The minimum Gasteiger partial charge on any atom is -0.348 e. The third kappa shape index (κ3) is 5.50. The lowest BCUT2D eigenvalue weighted by atomic mass is 9.73. The summed E-state index contributed by atoms with van der Waals surface area (Å²) in [7, 11) is 0. The largest absolute Gasteiger partial charge is 0.348 e. The number of nitrogens with one attached hydrogen (secondary N) is 2. The van der Waals surface area contributed by atoms with Crippen LogP contribution in [0, 0.1) is 17.6 Å². The molecule has 8 rings (SSSR count). The molecule has 1 amide bonds. The number of carbonyl (C=O) groups is 1. The van der Waals surface area contributed by atoms with Gasteiger partial charge in [-0.1, -0.05) is 23.9 Å². The number of fused-ring (bicyclic) bond motifs is 5. The maximum absolute atomic E-state index is 15.5. The molecule has 2 aromatic carbocycles. The third-order valence-electron chi connectivity index (χ3n) is 9.73. The highest BCUT2D eigenvalue weighted by Gasteiger charge is 2.62. The van der Waals surface area contributed by atoms with Gasteiger partial charge in [0, 0.05) is 41.8 Å². The molecule has 4 heterocycles. The lowest BCUT2D eigenvalue weighted by molar-refractivity contribution is -0.0936. The average molecular weight is 715 g/mol. The number of thiazole rings is 1. The molecule has 1 unspecified atom stereocenters. The Bertz CT molecular complexity index is 2110. The molecule has 1 fully saturated rings. The molecule has 0 saturated heterocycles. The summed E-state index contributed by atoms with van der Waals surface area (Å²) in [6, 6.07) is 9.83. The van der Waals surface area contributed by atoms with Gasteiger partial charge >= 0.3 is 0 Å². The molecule has 2 aliphatic carbocycles. The molecule has 0 spiro atoms. The quantitative estimate of drug-likeness (QED) is 0.113. The van der Waals surface area contributed by atoms with Crippen LogP contribution in [0.15, 0.2) is 46.8 Å². The Morgan fingerprint density at radius 2 is 1.86 bits per heavy atom. The van der Waals surface area contributed by atoms with E-state index in [2.05, 4.69) is 20.7 Å². The number of pyridine rings is 1. The number of thioether (sulfide) groups is 1. The highest BCUT2D eigenvalue weighted by Crippen LogP contribution is 2.63. The van der Waals surface area contributed by atoms with Crippen molar-refractivity contribution in [2.75, 3.05) is 12.8 Å². The summed E-state index contributed by atoms with van der Waals surface area (Å²) in [5.74, 6) is -6.67. The second-order valence-corrected chi connectivity index (χ2v) is 14.6. The Hall–Kier alpha value is -3.95. The first kappa shape index (κ1) is 32.3. The van der Waals surface area contributed by atoms with Gasteiger partial charge in [-0.15, -0.1) is 11.3 Å². The fourth-order valence-corrected chi connectivity index (χ4v) is 8.85. The Balaban J connectivity index is 1.20. The number of hydrogen-bond donors (Lipinski definition) is 2. The van der Waals surface area contributed by atoms with Crippen LogP contribution in [0.25, 0.3) is 21.5 Å². The molecule has 5 aromatic rings. The zero-order valence-corrected chi connectivity index (χ0v) is 27.5. The minimum absolute atomic E-state index is 0.0104. The number of amides is 1. The van der Waals surface area contributed by atoms with Crippen molar-refractivity contribution in [1.29, 1.82) is 0 Å². The lowest BCUT2D eigenvalue weighted by Gasteiger charge is -2.34. The van der Waals surface area contributed by atoms with Crippen LogP contribution in [-0.4, -0.2) is 38.5 Å². The molecule has 3 atom stereocenters. The molecule has 3 aliphatic rings. The molecule has 7 nitrogen and oxygen atoms in total. The summed E-state index contributed by atoms with van der Waals surface area (Å²) in [4.78, 5) is 22.1. The van der Waals surface area contributed by atoms with Crippen LogP contribution < -0.4 is 10.6 Å². The fourth-order valence-electron chi connectivity index (χ4n) is 7.39. The molecule has 2 N–H and O–H groups in total. The van der Waals surface area contributed by atoms with Gasteiger partial charge in [0.1, 0.15) is 23.0 Å². The predicted molar refractivity (Wildman–Crippen MR) is 173 cm³/mol. The van der Waals surface area contributed by atoms with Gasteiger partial charge in [0.25, 0.3) is 18.3 Å². The number of carbonyl (C=O) groups excluding carboxylic acids is 1. The Labute approximate surface area is 284 Å². The minimum atomic E-state index is -3.28. The Morgan fingerprint density at radius 1 is 1.06 bits per heavy atom. The molecule has 1 saturated carbocycles. The van der Waals surface area contributed by atoms with Gasteiger partial charge in [-0.2, -0.15) is 13.9 Å². The van der Waals surface area contributed by atoms with E-state index in [1.54, 1.807) is 6.07 Å². The molecular weight excluding hydrogens is 687 g/mol. The standard InChI is InChI=1S/C34H28F6N6OS2/c1-48-33-44-31-25(49-33)13-21(16-2-3-17-14-42-32(47)22(17)11-16)27(43-31)24(10-15-8-18(35)12-19(36)9-15)41-6-7-46-29-26(28(45-46)30(37)38)20-4-5-23(20)34(29,39)40/h2-3,8-9,11-13,20,23-24,30,41H,4-7,10,14H2,1H3,(H,42,47)/t20-,23+,24?/m0/s1. The Kier molecular flexibility index (Phi) is 7.99. The van der Waals surface area contributed by atoms with E-state index in [9.17, 15) is 22.4 Å². The first-order valence-corrected chi connectivity index (χ1v) is 17.8. The number of aromatic nitrogens is 4. The van der Waals surface area contributed by atoms with E-state index in [0.29, 0.717) is 46.6 Å². The van der Waals surface area contributed by atoms with Crippen molar-refractivity contribution < 1.29 is 31.1 Å². The SMILES string of the molecule is CSc1nc2nc(C(Cc3cc(F)cc(F)c3)NCCn3nc(C(F)F)c4c3C(F)(F)[C@@H]3CC[C@H]43)c(-c3ccc4c(c3)C(=O)NC4)cc2s1. The molecule has 0 bridgehead atoms. The molecule has 49 heavy (non-hydrogen) atoms. The van der Waals surface area contributed by atoms with Crippen molar-refractivity contribution in [3.05, 3.63) is 93.4 Å². The number of hydrogen-bond acceptors (Lipinski definition) is 7. The highest BCUT2D eigenvalue weighted by atomic mass is 32.2. The van der Waals surface area contributed by atoms with Crippen LogP contribution >= 0.6 is 23.1 Å². The average Bonchev–Trinajstić information content (AvgIpc) is 3.76. The number of benzene rings is 2. The molecule has 1 aliphatic heterocycles. The van der Waals surface area contributed by atoms with Crippen LogP contribution in [0.2, 0.25) is 0 Å². The second kappa shape index (κ2) is 12.1. The monoisotopic (exact) mass is 714 g/mol. The van der Waals surface area contributed by atoms with Gasteiger partial charge in [0.15, 0.2) is 9.99 Å². The summed E-state index contributed by atoms with van der Waals surface area (Å²) in [5, 5.41) is 10.1. The van der Waals surface area contributed by atoms with Crippen molar-refractivity contribution in [1.82, 2.24) is 30.4 Å². The third-order valence-corrected chi connectivity index (χ3v) is 11.7. The van der Waals surface area contributed by atoms with E-state index in [1.807, 2.05) is 24.5 Å². The van der Waals surface area contributed by atoms with Gasteiger partial charge < -0.3 is 10.6 Å². The first-order valence-electron chi connectivity index (χ1n) is 15.7. The van der Waals surface area contributed by atoms with Crippen molar-refractivity contribution in [3.63, 3.8) is 0 Å². The predicted octanol–water partition coefficient (Wildman–Crippen LogP) is 7.91.